The van der Waals surface area contributed by atoms with Crippen LogP contribution in [-0.2, 0) is 10.8 Å². The molecule has 158 valence electrons. The van der Waals surface area contributed by atoms with Crippen LogP contribution in [0.4, 0.5) is 0 Å². The molecule has 0 fully saturated rings. The number of carbonyl (C=O) groups is 1. The Balaban J connectivity index is 1.89. The van der Waals surface area contributed by atoms with Gasteiger partial charge < -0.3 is 5.11 Å². The molecular formula is C23H28N4O2S. The maximum absolute atomic E-state index is 13.1. The van der Waals surface area contributed by atoms with Crippen LogP contribution in [0.25, 0.3) is 5.69 Å². The van der Waals surface area contributed by atoms with Gasteiger partial charge in [-0.1, -0.05) is 71.5 Å². The lowest BCUT2D eigenvalue weighted by Crippen LogP contribution is -2.19. The molecule has 0 amide bonds. The van der Waals surface area contributed by atoms with Crippen LogP contribution in [-0.4, -0.2) is 36.8 Å². The molecule has 7 heteroatoms. The van der Waals surface area contributed by atoms with Crippen LogP contribution in [0.5, 0.6) is 5.75 Å². The molecule has 0 radical (unpaired) electrons. The summed E-state index contributed by atoms with van der Waals surface area (Å²) in [5, 5.41) is 23.3. The summed E-state index contributed by atoms with van der Waals surface area (Å²) in [7, 11) is 0. The van der Waals surface area contributed by atoms with Crippen molar-refractivity contribution >= 4 is 17.5 Å². The summed E-state index contributed by atoms with van der Waals surface area (Å²) in [6.07, 6.45) is 0. The lowest BCUT2D eigenvalue weighted by molar-refractivity contribution is 0.102. The van der Waals surface area contributed by atoms with E-state index in [1.807, 2.05) is 84.0 Å². The van der Waals surface area contributed by atoms with Gasteiger partial charge >= 0.3 is 0 Å². The molecule has 3 aromatic rings. The number of aromatic nitrogens is 4. The van der Waals surface area contributed by atoms with Crippen LogP contribution in [0.15, 0.2) is 47.6 Å². The van der Waals surface area contributed by atoms with Crippen molar-refractivity contribution in [2.75, 3.05) is 5.75 Å². The predicted molar refractivity (Wildman–Crippen MR) is 120 cm³/mol. The van der Waals surface area contributed by atoms with E-state index in [0.29, 0.717) is 10.7 Å². The first-order valence-corrected chi connectivity index (χ1v) is 10.8. The van der Waals surface area contributed by atoms with Crippen molar-refractivity contribution in [1.82, 2.24) is 20.2 Å². The summed E-state index contributed by atoms with van der Waals surface area (Å²) in [4.78, 5) is 13.1. The minimum Gasteiger partial charge on any atom is -0.507 e. The Kier molecular flexibility index (Phi) is 6.04. The molecule has 0 aliphatic rings. The summed E-state index contributed by atoms with van der Waals surface area (Å²) in [6, 6.07) is 13.2. The fraction of sp³-hybridized carbons (Fsp3) is 0.391. The molecule has 1 N–H and O–H groups in total. The van der Waals surface area contributed by atoms with Gasteiger partial charge in [-0.3, -0.25) is 4.79 Å². The zero-order valence-corrected chi connectivity index (χ0v) is 19.1. The second-order valence-electron chi connectivity index (χ2n) is 9.34. The molecule has 0 atom stereocenters. The number of thioether (sulfide) groups is 1. The Morgan fingerprint density at radius 1 is 1.00 bits per heavy atom. The van der Waals surface area contributed by atoms with Gasteiger partial charge in [-0.2, -0.15) is 4.68 Å². The summed E-state index contributed by atoms with van der Waals surface area (Å²) in [5.41, 5.74) is 2.41. The van der Waals surface area contributed by atoms with Crippen LogP contribution < -0.4 is 0 Å². The van der Waals surface area contributed by atoms with Crippen molar-refractivity contribution < 1.29 is 9.90 Å². The van der Waals surface area contributed by atoms with E-state index in [1.165, 1.54) is 11.8 Å². The average Bonchev–Trinajstić information content (AvgIpc) is 3.13. The highest BCUT2D eigenvalue weighted by atomic mass is 32.2. The standard InChI is InChI=1S/C23H28N4O2S/c1-22(2,3)17-12-15(13-18(20(17)29)23(4,5)6)19(28)14-30-21-24-25-26-27(21)16-10-8-7-9-11-16/h7-13,29H,14H2,1-6H3. The van der Waals surface area contributed by atoms with Gasteiger partial charge in [0.1, 0.15) is 5.75 Å². The van der Waals surface area contributed by atoms with E-state index in [9.17, 15) is 9.90 Å². The zero-order chi connectivity index (χ0) is 22.1. The van der Waals surface area contributed by atoms with Crippen molar-refractivity contribution in [2.24, 2.45) is 0 Å². The van der Waals surface area contributed by atoms with E-state index in [4.69, 9.17) is 0 Å². The first kappa shape index (κ1) is 22.0. The molecule has 1 aromatic heterocycles. The third-order valence-corrected chi connectivity index (χ3v) is 5.74. The number of tetrazole rings is 1. The fourth-order valence-electron chi connectivity index (χ4n) is 3.15. The molecule has 0 saturated heterocycles. The highest BCUT2D eigenvalue weighted by molar-refractivity contribution is 7.99. The molecule has 6 nitrogen and oxygen atoms in total. The largest absolute Gasteiger partial charge is 0.507 e. The van der Waals surface area contributed by atoms with Crippen molar-refractivity contribution in [3.05, 3.63) is 59.2 Å². The van der Waals surface area contributed by atoms with Crippen LogP contribution in [0.3, 0.4) is 0 Å². The molecular weight excluding hydrogens is 396 g/mol. The lowest BCUT2D eigenvalue weighted by atomic mass is 9.78. The first-order chi connectivity index (χ1) is 14.0. The summed E-state index contributed by atoms with van der Waals surface area (Å²) < 4.78 is 1.62. The smallest absolute Gasteiger partial charge is 0.214 e. The number of hydrogen-bond acceptors (Lipinski definition) is 6. The Morgan fingerprint density at radius 3 is 2.10 bits per heavy atom. The van der Waals surface area contributed by atoms with Crippen LogP contribution in [0.1, 0.15) is 63.0 Å². The predicted octanol–water partition coefficient (Wildman–Crippen LogP) is 4.94. The van der Waals surface area contributed by atoms with Crippen molar-refractivity contribution in [3.8, 4) is 11.4 Å². The molecule has 0 bridgehead atoms. The van der Waals surface area contributed by atoms with E-state index < -0.39 is 0 Å². The number of hydrogen-bond donors (Lipinski definition) is 1. The molecule has 30 heavy (non-hydrogen) atoms. The van der Waals surface area contributed by atoms with E-state index in [1.54, 1.807) is 4.68 Å². The average molecular weight is 425 g/mol. The highest BCUT2D eigenvalue weighted by Gasteiger charge is 2.28. The normalized spacial score (nSPS) is 12.2. The molecule has 0 saturated carbocycles. The number of benzene rings is 2. The topological polar surface area (TPSA) is 80.9 Å². The van der Waals surface area contributed by atoms with Gasteiger partial charge in [0, 0.05) is 16.7 Å². The molecule has 1 heterocycles. The van der Waals surface area contributed by atoms with Crippen LogP contribution >= 0.6 is 11.8 Å². The third kappa shape index (κ3) is 4.73. The SMILES string of the molecule is CC(C)(C)c1cc(C(=O)CSc2nnnn2-c2ccccc2)cc(C(C)(C)C)c1O. The molecule has 0 aliphatic heterocycles. The number of para-hydroxylation sites is 1. The number of ketones is 1. The second-order valence-corrected chi connectivity index (χ2v) is 10.3. The van der Waals surface area contributed by atoms with Gasteiger partial charge in [0.2, 0.25) is 5.16 Å². The first-order valence-electron chi connectivity index (χ1n) is 9.86. The number of rotatable bonds is 5. The minimum absolute atomic E-state index is 0.0291. The Hall–Kier alpha value is -2.67. The Labute approximate surface area is 181 Å². The molecule has 0 spiro atoms. The summed E-state index contributed by atoms with van der Waals surface area (Å²) >= 11 is 1.30. The van der Waals surface area contributed by atoms with E-state index in [-0.39, 0.29) is 28.1 Å². The summed E-state index contributed by atoms with van der Waals surface area (Å²) in [6.45, 7) is 12.2. The van der Waals surface area contributed by atoms with Crippen molar-refractivity contribution in [1.29, 1.82) is 0 Å². The number of nitrogens with zero attached hydrogens (tertiary/aromatic N) is 4. The van der Waals surface area contributed by atoms with Gasteiger partial charge in [0.05, 0.1) is 11.4 Å². The molecule has 2 aromatic carbocycles. The van der Waals surface area contributed by atoms with Crippen LogP contribution in [0, 0.1) is 0 Å². The van der Waals surface area contributed by atoms with E-state index in [2.05, 4.69) is 15.5 Å². The number of aromatic hydroxyl groups is 1. The quantitative estimate of drug-likeness (QED) is 0.462. The van der Waals surface area contributed by atoms with Crippen LogP contribution in [0.2, 0.25) is 0 Å². The molecule has 3 rings (SSSR count). The van der Waals surface area contributed by atoms with Gasteiger partial charge in [-0.25, -0.2) is 0 Å². The minimum atomic E-state index is -0.287. The lowest BCUT2D eigenvalue weighted by Gasteiger charge is -2.28. The van der Waals surface area contributed by atoms with Gasteiger partial charge in [-0.15, -0.1) is 5.10 Å². The number of phenolic OH excluding ortho intramolecular Hbond substituents is 1. The number of phenols is 1. The van der Waals surface area contributed by atoms with Gasteiger partial charge in [0.15, 0.2) is 5.78 Å². The Bertz CT molecular complexity index is 1010. The molecule has 0 aliphatic carbocycles. The van der Waals surface area contributed by atoms with Crippen molar-refractivity contribution in [3.63, 3.8) is 0 Å². The fourth-order valence-corrected chi connectivity index (χ4v) is 3.94. The number of Topliss-reactive ketones (excluding diaryl/α,β-unsaturated/α-hetero) is 1. The zero-order valence-electron chi connectivity index (χ0n) is 18.3. The monoisotopic (exact) mass is 424 g/mol. The Morgan fingerprint density at radius 2 is 1.57 bits per heavy atom. The maximum atomic E-state index is 13.1. The van der Waals surface area contributed by atoms with Gasteiger partial charge in [-0.05, 0) is 45.5 Å². The van der Waals surface area contributed by atoms with E-state index >= 15 is 0 Å². The van der Waals surface area contributed by atoms with Crippen molar-refractivity contribution in [2.45, 2.75) is 57.5 Å². The molecule has 0 unspecified atom stereocenters. The number of carbonyl (C=O) groups excluding carboxylic acids is 1. The maximum Gasteiger partial charge on any atom is 0.214 e. The third-order valence-electron chi connectivity index (χ3n) is 4.82. The van der Waals surface area contributed by atoms with Gasteiger partial charge in [0.25, 0.3) is 0 Å². The van der Waals surface area contributed by atoms with E-state index in [0.717, 1.165) is 16.8 Å². The summed E-state index contributed by atoms with van der Waals surface area (Å²) in [5.74, 6) is 0.441. The second kappa shape index (κ2) is 8.22. The highest BCUT2D eigenvalue weighted by Crippen LogP contribution is 2.40.